The van der Waals surface area contributed by atoms with Crippen LogP contribution in [0.3, 0.4) is 0 Å². The molecule has 0 radical (unpaired) electrons. The molecule has 0 saturated carbocycles. The summed E-state index contributed by atoms with van der Waals surface area (Å²) < 4.78 is 11.4. The van der Waals surface area contributed by atoms with Gasteiger partial charge in [0.1, 0.15) is 5.75 Å². The highest BCUT2D eigenvalue weighted by Crippen LogP contribution is 2.32. The van der Waals surface area contributed by atoms with Gasteiger partial charge in [0.25, 0.3) is 5.91 Å². The molecular weight excluding hydrogens is 462 g/mol. The van der Waals surface area contributed by atoms with Crippen molar-refractivity contribution in [2.45, 2.75) is 32.6 Å². The Morgan fingerprint density at radius 3 is 2.11 bits per heavy atom. The summed E-state index contributed by atoms with van der Waals surface area (Å²) in [6, 6.07) is 23.9. The van der Waals surface area contributed by atoms with Crippen LogP contribution >= 0.6 is 0 Å². The third-order valence-corrected chi connectivity index (χ3v) is 6.34. The largest absolute Gasteiger partial charge is 0.497 e. The van der Waals surface area contributed by atoms with Gasteiger partial charge in [0.2, 0.25) is 5.89 Å². The zero-order chi connectivity index (χ0) is 26.6. The van der Waals surface area contributed by atoms with Crippen LogP contribution in [0.15, 0.2) is 77.2 Å². The number of hydrogen-bond acceptors (Lipinski definition) is 5. The molecule has 0 fully saturated rings. The van der Waals surface area contributed by atoms with Gasteiger partial charge < -0.3 is 19.4 Å². The van der Waals surface area contributed by atoms with Crippen molar-refractivity contribution in [1.82, 2.24) is 10.3 Å². The Kier molecular flexibility index (Phi) is 7.67. The van der Waals surface area contributed by atoms with Gasteiger partial charge in [0.15, 0.2) is 11.5 Å². The highest BCUT2D eigenvalue weighted by molar-refractivity contribution is 5.98. The first-order valence-electron chi connectivity index (χ1n) is 12.5. The van der Waals surface area contributed by atoms with Crippen molar-refractivity contribution in [2.24, 2.45) is 0 Å². The normalized spacial score (nSPS) is 11.3. The van der Waals surface area contributed by atoms with E-state index in [0.29, 0.717) is 24.6 Å². The molecule has 192 valence electrons. The second kappa shape index (κ2) is 10.9. The quantitative estimate of drug-likeness (QED) is 0.307. The van der Waals surface area contributed by atoms with Gasteiger partial charge in [0.05, 0.1) is 7.11 Å². The first kappa shape index (κ1) is 26.0. The second-order valence-electron chi connectivity index (χ2n) is 10.3. The van der Waals surface area contributed by atoms with Crippen LogP contribution in [0.4, 0.5) is 5.69 Å². The van der Waals surface area contributed by atoms with Crippen molar-refractivity contribution in [3.05, 3.63) is 89.6 Å². The Morgan fingerprint density at radius 2 is 1.54 bits per heavy atom. The molecule has 1 aromatic heterocycles. The van der Waals surface area contributed by atoms with Gasteiger partial charge in [-0.2, -0.15) is 0 Å². The molecule has 1 N–H and O–H groups in total. The molecule has 0 unspecified atom stereocenters. The molecule has 0 aliphatic rings. The van der Waals surface area contributed by atoms with E-state index in [4.69, 9.17) is 9.15 Å². The maximum absolute atomic E-state index is 13.3. The first-order valence-corrected chi connectivity index (χ1v) is 12.5. The van der Waals surface area contributed by atoms with Crippen molar-refractivity contribution in [3.63, 3.8) is 0 Å². The van der Waals surface area contributed by atoms with E-state index >= 15 is 0 Å². The molecule has 4 aromatic rings. The molecule has 0 aliphatic carbocycles. The number of hydrogen-bond donors (Lipinski definition) is 1. The van der Waals surface area contributed by atoms with Gasteiger partial charge in [-0.25, -0.2) is 4.98 Å². The molecule has 0 aliphatic heterocycles. The van der Waals surface area contributed by atoms with Crippen LogP contribution in [-0.4, -0.2) is 38.6 Å². The average Bonchev–Trinajstić information content (AvgIpc) is 3.34. The van der Waals surface area contributed by atoms with Crippen LogP contribution in [0.2, 0.25) is 0 Å². The molecule has 6 heteroatoms. The predicted octanol–water partition coefficient (Wildman–Crippen LogP) is 6.35. The maximum atomic E-state index is 13.3. The highest BCUT2D eigenvalue weighted by atomic mass is 16.5. The zero-order valence-electron chi connectivity index (χ0n) is 22.5. The van der Waals surface area contributed by atoms with Crippen LogP contribution < -0.4 is 15.0 Å². The number of anilines is 1. The Morgan fingerprint density at radius 1 is 0.919 bits per heavy atom. The predicted molar refractivity (Wildman–Crippen MR) is 149 cm³/mol. The number of methoxy groups -OCH3 is 1. The molecule has 0 atom stereocenters. The fourth-order valence-electron chi connectivity index (χ4n) is 4.01. The second-order valence-corrected chi connectivity index (χ2v) is 10.3. The summed E-state index contributed by atoms with van der Waals surface area (Å²) in [5.74, 6) is 1.43. The van der Waals surface area contributed by atoms with Crippen molar-refractivity contribution in [3.8, 4) is 28.5 Å². The highest BCUT2D eigenvalue weighted by Gasteiger charge is 2.23. The van der Waals surface area contributed by atoms with E-state index in [9.17, 15) is 4.79 Å². The van der Waals surface area contributed by atoms with E-state index in [1.54, 1.807) is 7.11 Å². The van der Waals surface area contributed by atoms with Gasteiger partial charge in [-0.05, 0) is 71.5 Å². The Hall–Kier alpha value is -4.06. The van der Waals surface area contributed by atoms with Crippen molar-refractivity contribution in [1.29, 1.82) is 0 Å². The van der Waals surface area contributed by atoms with E-state index in [1.165, 1.54) is 5.56 Å². The lowest BCUT2D eigenvalue weighted by atomic mass is 9.87. The lowest BCUT2D eigenvalue weighted by Gasteiger charge is -2.18. The number of rotatable bonds is 8. The van der Waals surface area contributed by atoms with Crippen molar-refractivity contribution >= 4 is 11.6 Å². The number of carbonyl (C=O) groups is 1. The Balaban J connectivity index is 1.60. The van der Waals surface area contributed by atoms with Crippen LogP contribution in [0.1, 0.15) is 42.4 Å². The first-order chi connectivity index (χ1) is 17.7. The topological polar surface area (TPSA) is 67.6 Å². The third-order valence-electron chi connectivity index (χ3n) is 6.34. The molecule has 3 aromatic carbocycles. The van der Waals surface area contributed by atoms with Crippen LogP contribution in [0, 0.1) is 0 Å². The lowest BCUT2D eigenvalue weighted by molar-refractivity contribution is 0.0950. The lowest BCUT2D eigenvalue weighted by Crippen LogP contribution is -2.26. The van der Waals surface area contributed by atoms with E-state index < -0.39 is 0 Å². The fraction of sp³-hybridized carbons (Fsp3) is 0.290. The zero-order valence-corrected chi connectivity index (χ0v) is 22.5. The van der Waals surface area contributed by atoms with Crippen LogP contribution in [-0.2, 0) is 11.8 Å². The number of nitrogens with one attached hydrogen (secondary N) is 1. The summed E-state index contributed by atoms with van der Waals surface area (Å²) in [7, 11) is 5.63. The standard InChI is InChI=1S/C31H35N3O3/c1-31(2,3)24-13-9-23(10-14-24)30-33-27(28(37-30)22-11-15-25(16-12-22)34(4)5)29(35)32-20-19-21-7-17-26(36-6)18-8-21/h7-18H,19-20H2,1-6H3,(H,32,35). The molecular formula is C31H35N3O3. The molecule has 37 heavy (non-hydrogen) atoms. The molecule has 0 spiro atoms. The molecule has 1 amide bonds. The van der Waals surface area contributed by atoms with E-state index in [0.717, 1.165) is 28.1 Å². The Labute approximate surface area is 219 Å². The maximum Gasteiger partial charge on any atom is 0.273 e. The minimum Gasteiger partial charge on any atom is -0.497 e. The average molecular weight is 498 g/mol. The van der Waals surface area contributed by atoms with Gasteiger partial charge in [-0.1, -0.05) is 45.0 Å². The minimum atomic E-state index is -0.262. The number of nitrogens with zero attached hydrogens (tertiary/aromatic N) is 2. The summed E-state index contributed by atoms with van der Waals surface area (Å²) in [5, 5.41) is 3.01. The number of oxazole rings is 1. The van der Waals surface area contributed by atoms with E-state index in [1.807, 2.05) is 79.7 Å². The minimum absolute atomic E-state index is 0.0450. The monoisotopic (exact) mass is 497 g/mol. The van der Waals surface area contributed by atoms with E-state index in [-0.39, 0.29) is 17.0 Å². The third kappa shape index (κ3) is 6.20. The van der Waals surface area contributed by atoms with E-state index in [2.05, 4.69) is 43.2 Å². The van der Waals surface area contributed by atoms with Crippen molar-refractivity contribution < 1.29 is 13.9 Å². The van der Waals surface area contributed by atoms with Crippen LogP contribution in [0.5, 0.6) is 5.75 Å². The fourth-order valence-corrected chi connectivity index (χ4v) is 4.01. The molecule has 0 bridgehead atoms. The summed E-state index contributed by atoms with van der Waals surface area (Å²) in [6.45, 7) is 7.01. The molecule has 1 heterocycles. The number of ether oxygens (including phenoxy) is 1. The summed E-state index contributed by atoms with van der Waals surface area (Å²) >= 11 is 0. The van der Waals surface area contributed by atoms with Gasteiger partial charge in [0, 0.05) is 37.5 Å². The number of carbonyl (C=O) groups excluding carboxylic acids is 1. The number of benzene rings is 3. The summed E-state index contributed by atoms with van der Waals surface area (Å²) in [4.78, 5) is 19.9. The van der Waals surface area contributed by atoms with Gasteiger partial charge in [-0.15, -0.1) is 0 Å². The smallest absolute Gasteiger partial charge is 0.273 e. The molecule has 4 rings (SSSR count). The SMILES string of the molecule is COc1ccc(CCNC(=O)c2nc(-c3ccc(C(C)(C)C)cc3)oc2-c2ccc(N(C)C)cc2)cc1. The van der Waals surface area contributed by atoms with Gasteiger partial charge in [-0.3, -0.25) is 4.79 Å². The Bertz CT molecular complexity index is 1330. The number of amides is 1. The number of aromatic nitrogens is 1. The molecule has 6 nitrogen and oxygen atoms in total. The summed E-state index contributed by atoms with van der Waals surface area (Å²) in [5.41, 5.74) is 5.35. The van der Waals surface area contributed by atoms with Crippen LogP contribution in [0.25, 0.3) is 22.8 Å². The van der Waals surface area contributed by atoms with Crippen molar-refractivity contribution in [2.75, 3.05) is 32.6 Å². The summed E-state index contributed by atoms with van der Waals surface area (Å²) in [6.07, 6.45) is 0.696. The van der Waals surface area contributed by atoms with Gasteiger partial charge >= 0.3 is 0 Å². The molecule has 0 saturated heterocycles.